The molecule has 1 aliphatic rings. The van der Waals surface area contributed by atoms with Gasteiger partial charge in [0.1, 0.15) is 5.92 Å². The average molecular weight is 340 g/mol. The molecule has 124 valence electrons. The van der Waals surface area contributed by atoms with Gasteiger partial charge in [0.25, 0.3) is 0 Å². The molecule has 2 atom stereocenters. The third-order valence-electron chi connectivity index (χ3n) is 4.46. The van der Waals surface area contributed by atoms with Gasteiger partial charge in [-0.25, -0.2) is 0 Å². The zero-order valence-electron chi connectivity index (χ0n) is 14.2. The van der Waals surface area contributed by atoms with Gasteiger partial charge < -0.3 is 10.5 Å². The van der Waals surface area contributed by atoms with Crippen molar-refractivity contribution in [3.05, 3.63) is 44.5 Å². The Morgan fingerprint density at radius 1 is 1.29 bits per heavy atom. The normalized spacial score (nSPS) is 20.7. The van der Waals surface area contributed by atoms with Crippen LogP contribution in [0.25, 0.3) is 0 Å². The number of benzene rings is 1. The van der Waals surface area contributed by atoms with Crippen molar-refractivity contribution in [1.29, 1.82) is 15.9 Å². The van der Waals surface area contributed by atoms with E-state index < -0.39 is 11.8 Å². The highest BCUT2D eigenvalue weighted by molar-refractivity contribution is 8.17. The number of nitrogens with two attached hydrogens (primary N) is 1. The topological polar surface area (TPSA) is 107 Å². The van der Waals surface area contributed by atoms with Crippen molar-refractivity contribution in [2.24, 2.45) is 11.7 Å². The smallest absolute Gasteiger partial charge is 0.106 e. The maximum atomic E-state index is 9.60. The summed E-state index contributed by atoms with van der Waals surface area (Å²) in [6.45, 7) is 6.43. The standard InChI is InChI=1S/C18H20N4OS/c1-9-5-10(2)15(11(3)14(9)8-23-4)16-12(6-19)17(21)24-18(22)13(16)7-20/h5,12,16,21H,8,22H2,1-4H3/t12-,16+/m0/s1. The zero-order chi connectivity index (χ0) is 18.0. The van der Waals surface area contributed by atoms with E-state index in [1.54, 1.807) is 7.11 Å². The van der Waals surface area contributed by atoms with Crippen LogP contribution in [0.5, 0.6) is 0 Å². The molecule has 0 saturated heterocycles. The number of nitriles is 2. The van der Waals surface area contributed by atoms with Crippen LogP contribution in [0.15, 0.2) is 16.7 Å². The highest BCUT2D eigenvalue weighted by atomic mass is 32.2. The van der Waals surface area contributed by atoms with Crippen LogP contribution in [-0.2, 0) is 11.3 Å². The Labute approximate surface area is 146 Å². The number of aryl methyl sites for hydroxylation is 2. The third-order valence-corrected chi connectivity index (χ3v) is 5.38. The molecule has 5 nitrogen and oxygen atoms in total. The van der Waals surface area contributed by atoms with Gasteiger partial charge in [0.15, 0.2) is 0 Å². The minimum absolute atomic E-state index is 0.187. The third kappa shape index (κ3) is 2.91. The van der Waals surface area contributed by atoms with Crippen LogP contribution in [0.2, 0.25) is 0 Å². The molecule has 0 aromatic heterocycles. The summed E-state index contributed by atoms with van der Waals surface area (Å²) in [5.74, 6) is -1.21. The number of hydrogen-bond donors (Lipinski definition) is 2. The van der Waals surface area contributed by atoms with Crippen molar-refractivity contribution in [2.75, 3.05) is 7.11 Å². The first kappa shape index (κ1) is 18.1. The van der Waals surface area contributed by atoms with Gasteiger partial charge in [-0.2, -0.15) is 10.5 Å². The second kappa shape index (κ2) is 7.09. The fourth-order valence-electron chi connectivity index (χ4n) is 3.37. The molecule has 2 rings (SSSR count). The van der Waals surface area contributed by atoms with Gasteiger partial charge in [-0.3, -0.25) is 5.41 Å². The second-order valence-corrected chi connectivity index (χ2v) is 6.98. The Kier molecular flexibility index (Phi) is 5.33. The van der Waals surface area contributed by atoms with E-state index >= 15 is 0 Å². The molecule has 0 bridgehead atoms. The number of ether oxygens (including phenoxy) is 1. The molecule has 0 amide bonds. The summed E-state index contributed by atoms with van der Waals surface area (Å²) < 4.78 is 5.31. The number of nitrogens with zero attached hydrogens (tertiary/aromatic N) is 2. The summed E-state index contributed by atoms with van der Waals surface area (Å²) in [4.78, 5) is 0. The Balaban J connectivity index is 2.79. The van der Waals surface area contributed by atoms with E-state index in [0.717, 1.165) is 39.6 Å². The van der Waals surface area contributed by atoms with Gasteiger partial charge in [-0.05, 0) is 48.6 Å². The Morgan fingerprint density at radius 3 is 2.50 bits per heavy atom. The summed E-state index contributed by atoms with van der Waals surface area (Å²) in [7, 11) is 1.64. The minimum Gasteiger partial charge on any atom is -0.392 e. The van der Waals surface area contributed by atoms with Gasteiger partial charge in [-0.15, -0.1) is 0 Å². The van der Waals surface area contributed by atoms with Crippen molar-refractivity contribution in [2.45, 2.75) is 33.3 Å². The predicted octanol–water partition coefficient (Wildman–Crippen LogP) is 3.40. The Hall–Kier alpha value is -2.28. The first-order valence-corrected chi connectivity index (χ1v) is 8.33. The molecule has 1 heterocycles. The molecule has 3 N–H and O–H groups in total. The first-order chi connectivity index (χ1) is 11.4. The van der Waals surface area contributed by atoms with Crippen LogP contribution >= 0.6 is 11.8 Å². The molecular weight excluding hydrogens is 320 g/mol. The molecule has 0 fully saturated rings. The summed E-state index contributed by atoms with van der Waals surface area (Å²) >= 11 is 1.01. The van der Waals surface area contributed by atoms with Gasteiger partial charge in [0, 0.05) is 13.0 Å². The van der Waals surface area contributed by atoms with Crippen molar-refractivity contribution in [3.8, 4) is 12.1 Å². The number of thioether (sulfide) groups is 1. The lowest BCUT2D eigenvalue weighted by atomic mass is 9.76. The Morgan fingerprint density at radius 2 is 1.96 bits per heavy atom. The number of rotatable bonds is 3. The number of hydrogen-bond acceptors (Lipinski definition) is 6. The van der Waals surface area contributed by atoms with Gasteiger partial charge in [0.05, 0.1) is 34.4 Å². The van der Waals surface area contributed by atoms with E-state index in [1.807, 2.05) is 26.8 Å². The molecule has 0 unspecified atom stereocenters. The second-order valence-electron chi connectivity index (χ2n) is 5.90. The highest BCUT2D eigenvalue weighted by Crippen LogP contribution is 2.45. The summed E-state index contributed by atoms with van der Waals surface area (Å²) in [5.41, 5.74) is 11.4. The SMILES string of the molecule is COCc1c(C)cc(C)c([C@H]2C(C#N)=C(N)SC(=N)[C@H]2C#N)c1C. The average Bonchev–Trinajstić information content (AvgIpc) is 2.51. The highest BCUT2D eigenvalue weighted by Gasteiger charge is 2.39. The number of methoxy groups -OCH3 is 1. The van der Waals surface area contributed by atoms with Crippen LogP contribution in [0.4, 0.5) is 0 Å². The molecule has 0 saturated carbocycles. The van der Waals surface area contributed by atoms with E-state index in [2.05, 4.69) is 12.1 Å². The summed E-state index contributed by atoms with van der Waals surface area (Å²) in [6.07, 6.45) is 0. The Bertz CT molecular complexity index is 814. The van der Waals surface area contributed by atoms with E-state index in [0.29, 0.717) is 17.2 Å². The molecule has 24 heavy (non-hydrogen) atoms. The van der Waals surface area contributed by atoms with Crippen molar-refractivity contribution >= 4 is 16.8 Å². The van der Waals surface area contributed by atoms with E-state index in [4.69, 9.17) is 15.9 Å². The van der Waals surface area contributed by atoms with Gasteiger partial charge >= 0.3 is 0 Å². The van der Waals surface area contributed by atoms with E-state index in [-0.39, 0.29) is 5.04 Å². The lowest BCUT2D eigenvalue weighted by molar-refractivity contribution is 0.183. The van der Waals surface area contributed by atoms with Crippen LogP contribution in [0.3, 0.4) is 0 Å². The lowest BCUT2D eigenvalue weighted by Crippen LogP contribution is -2.28. The van der Waals surface area contributed by atoms with Crippen molar-refractivity contribution in [1.82, 2.24) is 0 Å². The maximum absolute atomic E-state index is 9.60. The molecule has 0 spiro atoms. The number of allylic oxidation sites excluding steroid dienone is 1. The largest absolute Gasteiger partial charge is 0.392 e. The van der Waals surface area contributed by atoms with Crippen LogP contribution in [0, 0.1) is 54.8 Å². The molecule has 0 radical (unpaired) electrons. The molecule has 1 aromatic carbocycles. The van der Waals surface area contributed by atoms with E-state index in [9.17, 15) is 10.5 Å². The van der Waals surface area contributed by atoms with E-state index in [1.165, 1.54) is 0 Å². The molecule has 6 heteroatoms. The van der Waals surface area contributed by atoms with Crippen LogP contribution in [-0.4, -0.2) is 12.2 Å². The summed E-state index contributed by atoms with van der Waals surface area (Å²) in [6, 6.07) is 6.40. The fraction of sp³-hybridized carbons (Fsp3) is 0.389. The molecule has 0 aliphatic carbocycles. The molecular formula is C18H20N4OS. The predicted molar refractivity (Wildman–Crippen MR) is 95.4 cm³/mol. The summed E-state index contributed by atoms with van der Waals surface area (Å²) in [5, 5.41) is 27.8. The number of nitrogens with one attached hydrogen (secondary N) is 1. The molecule has 1 aliphatic heterocycles. The van der Waals surface area contributed by atoms with Gasteiger partial charge in [-0.1, -0.05) is 17.8 Å². The fourth-order valence-corrected chi connectivity index (χ4v) is 4.20. The van der Waals surface area contributed by atoms with Crippen LogP contribution < -0.4 is 5.73 Å². The van der Waals surface area contributed by atoms with Crippen molar-refractivity contribution < 1.29 is 4.74 Å². The molecule has 1 aromatic rings. The zero-order valence-corrected chi connectivity index (χ0v) is 15.0. The minimum atomic E-state index is -0.701. The quantitative estimate of drug-likeness (QED) is 0.877. The first-order valence-electron chi connectivity index (χ1n) is 7.51. The maximum Gasteiger partial charge on any atom is 0.106 e. The monoisotopic (exact) mass is 340 g/mol. The lowest BCUT2D eigenvalue weighted by Gasteiger charge is -2.31. The van der Waals surface area contributed by atoms with Gasteiger partial charge in [0.2, 0.25) is 0 Å². The van der Waals surface area contributed by atoms with Crippen molar-refractivity contribution in [3.63, 3.8) is 0 Å². The van der Waals surface area contributed by atoms with Crippen LogP contribution in [0.1, 0.15) is 33.7 Å².